The highest BCUT2D eigenvalue weighted by molar-refractivity contribution is 7.92. The number of hydrogen-bond acceptors (Lipinski definition) is 4. The summed E-state index contributed by atoms with van der Waals surface area (Å²) in [5, 5.41) is -0.403. The third-order valence-electron chi connectivity index (χ3n) is 3.84. The van der Waals surface area contributed by atoms with Gasteiger partial charge < -0.3 is 10.5 Å². The molecule has 0 amide bonds. The lowest BCUT2D eigenvalue weighted by molar-refractivity contribution is 0.104. The normalized spacial score (nSPS) is 26.4. The van der Waals surface area contributed by atoms with Crippen LogP contribution in [0.15, 0.2) is 29.2 Å². The van der Waals surface area contributed by atoms with Crippen molar-refractivity contribution in [1.29, 1.82) is 0 Å². The summed E-state index contributed by atoms with van der Waals surface area (Å²) < 4.78 is 30.5. The zero-order chi connectivity index (χ0) is 14.1. The molecule has 2 atom stereocenters. The van der Waals surface area contributed by atoms with Crippen molar-refractivity contribution in [3.8, 4) is 0 Å². The summed E-state index contributed by atoms with van der Waals surface area (Å²) in [6.07, 6.45) is 0.597. The monoisotopic (exact) mass is 283 g/mol. The maximum atomic E-state index is 12.5. The molecule has 0 unspecified atom stereocenters. The van der Waals surface area contributed by atoms with Gasteiger partial charge in [0, 0.05) is 18.6 Å². The van der Waals surface area contributed by atoms with Gasteiger partial charge in [-0.3, -0.25) is 0 Å². The van der Waals surface area contributed by atoms with E-state index in [4.69, 9.17) is 10.5 Å². The quantitative estimate of drug-likeness (QED) is 0.859. The van der Waals surface area contributed by atoms with Crippen molar-refractivity contribution in [2.75, 3.05) is 19.8 Å². The van der Waals surface area contributed by atoms with Gasteiger partial charge in [0.2, 0.25) is 0 Å². The third-order valence-corrected chi connectivity index (χ3v) is 6.18. The van der Waals surface area contributed by atoms with Crippen molar-refractivity contribution in [3.05, 3.63) is 29.8 Å². The molecule has 0 aromatic heterocycles. The van der Waals surface area contributed by atoms with Crippen LogP contribution < -0.4 is 5.73 Å². The molecule has 0 heterocycles. The maximum absolute atomic E-state index is 12.5. The van der Waals surface area contributed by atoms with Crippen molar-refractivity contribution in [1.82, 2.24) is 0 Å². The first-order valence-corrected chi connectivity index (χ1v) is 8.09. The summed E-state index contributed by atoms with van der Waals surface area (Å²) in [6, 6.07) is 6.99. The molecule has 0 saturated heterocycles. The van der Waals surface area contributed by atoms with E-state index >= 15 is 0 Å². The highest BCUT2D eigenvalue weighted by atomic mass is 32.2. The fraction of sp³-hybridized carbons (Fsp3) is 0.571. The summed E-state index contributed by atoms with van der Waals surface area (Å²) in [7, 11) is -3.29. The van der Waals surface area contributed by atoms with Gasteiger partial charge in [0.15, 0.2) is 9.84 Å². The molecule has 1 aliphatic carbocycles. The Hall–Kier alpha value is -0.910. The number of benzene rings is 1. The summed E-state index contributed by atoms with van der Waals surface area (Å²) in [4.78, 5) is 0.384. The van der Waals surface area contributed by atoms with Crippen LogP contribution in [0.3, 0.4) is 0 Å². The largest absolute Gasteiger partial charge is 0.381 e. The summed E-state index contributed by atoms with van der Waals surface area (Å²) in [5.41, 5.74) is 6.42. The van der Waals surface area contributed by atoms with Gasteiger partial charge in [0.25, 0.3) is 0 Å². The van der Waals surface area contributed by atoms with E-state index in [9.17, 15) is 8.42 Å². The minimum atomic E-state index is -3.29. The molecule has 19 heavy (non-hydrogen) atoms. The lowest BCUT2D eigenvalue weighted by atomic mass is 10.1. The van der Waals surface area contributed by atoms with Crippen molar-refractivity contribution in [3.63, 3.8) is 0 Å². The minimum absolute atomic E-state index is 0.350. The van der Waals surface area contributed by atoms with Crippen LogP contribution in [0.25, 0.3) is 0 Å². The minimum Gasteiger partial charge on any atom is -0.381 e. The fourth-order valence-corrected chi connectivity index (χ4v) is 4.59. The molecule has 0 spiro atoms. The van der Waals surface area contributed by atoms with E-state index in [0.717, 1.165) is 5.56 Å². The Kier molecular flexibility index (Phi) is 3.99. The molecule has 2 N–H and O–H groups in total. The molecule has 0 bridgehead atoms. The Morgan fingerprint density at radius 2 is 2.00 bits per heavy atom. The first-order chi connectivity index (χ1) is 8.96. The number of rotatable bonds is 6. The Morgan fingerprint density at radius 3 is 2.53 bits per heavy atom. The zero-order valence-electron chi connectivity index (χ0n) is 11.4. The van der Waals surface area contributed by atoms with Crippen molar-refractivity contribution < 1.29 is 13.2 Å². The molecule has 1 saturated carbocycles. The molecule has 5 heteroatoms. The average Bonchev–Trinajstić information content (AvgIpc) is 3.13. The second kappa shape index (κ2) is 5.23. The lowest BCUT2D eigenvalue weighted by Gasteiger charge is -2.15. The van der Waals surface area contributed by atoms with E-state index < -0.39 is 15.1 Å². The van der Waals surface area contributed by atoms with Crippen molar-refractivity contribution >= 4 is 9.84 Å². The molecular weight excluding hydrogens is 262 g/mol. The summed E-state index contributed by atoms with van der Waals surface area (Å²) in [5.74, 6) is 0. The first kappa shape index (κ1) is 14.5. The van der Waals surface area contributed by atoms with Crippen LogP contribution in [0.1, 0.15) is 18.9 Å². The second-order valence-corrected chi connectivity index (χ2v) is 7.38. The van der Waals surface area contributed by atoms with Gasteiger partial charge in [-0.15, -0.1) is 0 Å². The van der Waals surface area contributed by atoms with Gasteiger partial charge in [0.05, 0.1) is 16.8 Å². The molecule has 1 aliphatic rings. The highest BCUT2D eigenvalue weighted by Crippen LogP contribution is 2.52. The molecule has 1 fully saturated rings. The van der Waals surface area contributed by atoms with Crippen LogP contribution in [0.5, 0.6) is 0 Å². The molecule has 1 aromatic carbocycles. The van der Waals surface area contributed by atoms with Crippen LogP contribution >= 0.6 is 0 Å². The molecule has 4 nitrogen and oxygen atoms in total. The van der Waals surface area contributed by atoms with E-state index in [1.807, 2.05) is 26.0 Å². The molecule has 0 aliphatic heterocycles. The molecule has 106 valence electrons. The zero-order valence-corrected chi connectivity index (χ0v) is 12.2. The molecule has 1 aromatic rings. The smallest absolute Gasteiger partial charge is 0.181 e. The van der Waals surface area contributed by atoms with E-state index in [1.54, 1.807) is 12.1 Å². The van der Waals surface area contributed by atoms with Crippen LogP contribution in [0, 0.1) is 12.3 Å². The van der Waals surface area contributed by atoms with Gasteiger partial charge in [-0.05, 0) is 32.4 Å². The van der Waals surface area contributed by atoms with Crippen LogP contribution in [-0.2, 0) is 14.6 Å². The van der Waals surface area contributed by atoms with Crippen molar-refractivity contribution in [2.24, 2.45) is 11.1 Å². The molecule has 2 rings (SSSR count). The number of ether oxygens (including phenoxy) is 1. The van der Waals surface area contributed by atoms with E-state index in [-0.39, 0.29) is 5.41 Å². The topological polar surface area (TPSA) is 69.4 Å². The number of nitrogens with two attached hydrogens (primary N) is 1. The first-order valence-electron chi connectivity index (χ1n) is 6.54. The molecule has 0 radical (unpaired) electrons. The number of hydrogen-bond donors (Lipinski definition) is 1. The fourth-order valence-electron chi connectivity index (χ4n) is 2.37. The third kappa shape index (κ3) is 2.68. The van der Waals surface area contributed by atoms with Crippen LogP contribution in [0.2, 0.25) is 0 Å². The Bertz CT molecular complexity index is 538. The van der Waals surface area contributed by atoms with E-state index in [2.05, 4.69) is 0 Å². The average molecular weight is 283 g/mol. The van der Waals surface area contributed by atoms with Crippen LogP contribution in [0.4, 0.5) is 0 Å². The summed E-state index contributed by atoms with van der Waals surface area (Å²) >= 11 is 0. The van der Waals surface area contributed by atoms with Gasteiger partial charge in [0.1, 0.15) is 0 Å². The van der Waals surface area contributed by atoms with Crippen molar-refractivity contribution in [2.45, 2.75) is 30.4 Å². The predicted molar refractivity (Wildman–Crippen MR) is 74.8 cm³/mol. The molecular formula is C14H21NO3S. The summed E-state index contributed by atoms with van der Waals surface area (Å²) in [6.45, 7) is 5.19. The van der Waals surface area contributed by atoms with Gasteiger partial charge in [-0.25, -0.2) is 8.42 Å². The van der Waals surface area contributed by atoms with E-state index in [1.165, 1.54) is 0 Å². The highest BCUT2D eigenvalue weighted by Gasteiger charge is 2.60. The van der Waals surface area contributed by atoms with Gasteiger partial charge >= 0.3 is 0 Å². The predicted octanol–water partition coefficient (Wildman–Crippen LogP) is 1.52. The second-order valence-electron chi connectivity index (χ2n) is 5.25. The van der Waals surface area contributed by atoms with Crippen LogP contribution in [-0.4, -0.2) is 33.4 Å². The Balaban J connectivity index is 2.20. The maximum Gasteiger partial charge on any atom is 0.181 e. The van der Waals surface area contributed by atoms with Gasteiger partial charge in [-0.1, -0.05) is 17.7 Å². The van der Waals surface area contributed by atoms with Gasteiger partial charge in [-0.2, -0.15) is 0 Å². The van der Waals surface area contributed by atoms with E-state index in [0.29, 0.717) is 31.1 Å². The number of aryl methyl sites for hydroxylation is 1. The lowest BCUT2D eigenvalue weighted by Crippen LogP contribution is -2.28. The Morgan fingerprint density at radius 1 is 1.37 bits per heavy atom. The Labute approximate surface area is 114 Å². The number of sulfone groups is 1. The standard InChI is InChI=1S/C14H21NO3S/c1-3-18-10-14(9-15)8-13(14)19(16,17)12-6-4-11(2)5-7-12/h4-7,13H,3,8-10,15H2,1-2H3/t13-,14+/m1/s1. The SMILES string of the molecule is CCOC[C@@]1(CN)C[C@H]1S(=O)(=O)c1ccc(C)cc1.